The SMILES string of the molecule is COc1ccc(-c2nc3cc(NC(=S)NC(=O)c4ccc(-c5cccc([N+](=O)[O-])c5)o4)ccc3o2)cc1Cl. The van der Waals surface area contributed by atoms with Gasteiger partial charge in [0, 0.05) is 28.9 Å². The number of methoxy groups -OCH3 is 1. The first kappa shape index (κ1) is 24.9. The number of rotatable bonds is 6. The normalized spacial score (nSPS) is 10.8. The molecule has 0 saturated heterocycles. The maximum atomic E-state index is 12.6. The summed E-state index contributed by atoms with van der Waals surface area (Å²) in [5.74, 6) is 0.646. The number of furan rings is 1. The number of amides is 1. The van der Waals surface area contributed by atoms with Crippen LogP contribution < -0.4 is 15.4 Å². The van der Waals surface area contributed by atoms with Crippen LogP contribution in [0.2, 0.25) is 5.02 Å². The van der Waals surface area contributed by atoms with Crippen LogP contribution in [-0.2, 0) is 0 Å². The van der Waals surface area contributed by atoms with Crippen molar-refractivity contribution in [3.63, 3.8) is 0 Å². The number of non-ortho nitro benzene ring substituents is 1. The predicted octanol–water partition coefficient (Wildman–Crippen LogP) is 6.45. The molecule has 5 rings (SSSR count). The number of nitrogens with zero attached hydrogens (tertiary/aromatic N) is 2. The van der Waals surface area contributed by atoms with E-state index in [9.17, 15) is 14.9 Å². The third-order valence-electron chi connectivity index (χ3n) is 5.44. The number of benzene rings is 3. The van der Waals surface area contributed by atoms with Crippen LogP contribution in [0, 0.1) is 10.1 Å². The maximum Gasteiger partial charge on any atom is 0.293 e. The summed E-state index contributed by atoms with van der Waals surface area (Å²) in [5.41, 5.74) is 2.77. The van der Waals surface area contributed by atoms with E-state index in [0.717, 1.165) is 0 Å². The Morgan fingerprint density at radius 2 is 1.89 bits per heavy atom. The van der Waals surface area contributed by atoms with Crippen molar-refractivity contribution < 1.29 is 23.3 Å². The molecule has 0 aliphatic carbocycles. The number of ether oxygens (including phenoxy) is 1. The van der Waals surface area contributed by atoms with E-state index < -0.39 is 10.8 Å². The van der Waals surface area contributed by atoms with E-state index in [1.165, 1.54) is 31.4 Å². The molecule has 0 spiro atoms. The zero-order chi connectivity index (χ0) is 26.8. The molecule has 0 aliphatic heterocycles. The van der Waals surface area contributed by atoms with E-state index in [4.69, 9.17) is 37.4 Å². The summed E-state index contributed by atoms with van der Waals surface area (Å²) in [6.07, 6.45) is 0. The average Bonchev–Trinajstić information content (AvgIpc) is 3.56. The minimum absolute atomic E-state index is 0.00889. The largest absolute Gasteiger partial charge is 0.495 e. The Hall–Kier alpha value is -4.74. The fourth-order valence-electron chi connectivity index (χ4n) is 3.64. The molecule has 10 nitrogen and oxygen atoms in total. The number of thiocarbonyl (C=S) groups is 1. The van der Waals surface area contributed by atoms with Crippen LogP contribution >= 0.6 is 23.8 Å². The van der Waals surface area contributed by atoms with Crippen LogP contribution in [0.15, 0.2) is 81.6 Å². The first-order valence-electron chi connectivity index (χ1n) is 11.0. The number of carbonyl (C=O) groups is 1. The van der Waals surface area contributed by atoms with Crippen LogP contribution in [0.5, 0.6) is 5.75 Å². The van der Waals surface area contributed by atoms with Crippen LogP contribution in [0.3, 0.4) is 0 Å². The van der Waals surface area contributed by atoms with Gasteiger partial charge in [-0.3, -0.25) is 20.2 Å². The Bertz CT molecular complexity index is 1710. The average molecular weight is 549 g/mol. The number of fused-ring (bicyclic) bond motifs is 1. The zero-order valence-corrected chi connectivity index (χ0v) is 21.1. The number of anilines is 1. The summed E-state index contributed by atoms with van der Waals surface area (Å²) in [6.45, 7) is 0. The van der Waals surface area contributed by atoms with E-state index in [-0.39, 0.29) is 16.6 Å². The number of hydrogen-bond donors (Lipinski definition) is 2. The highest BCUT2D eigenvalue weighted by atomic mass is 35.5. The highest BCUT2D eigenvalue weighted by Crippen LogP contribution is 2.32. The smallest absolute Gasteiger partial charge is 0.293 e. The van der Waals surface area contributed by atoms with Gasteiger partial charge >= 0.3 is 0 Å². The van der Waals surface area contributed by atoms with Gasteiger partial charge in [0.1, 0.15) is 17.0 Å². The maximum absolute atomic E-state index is 12.6. The molecule has 0 unspecified atom stereocenters. The number of hydrogen-bond acceptors (Lipinski definition) is 8. The fraction of sp³-hybridized carbons (Fsp3) is 0.0385. The van der Waals surface area contributed by atoms with Gasteiger partial charge in [-0.15, -0.1) is 0 Å². The van der Waals surface area contributed by atoms with Gasteiger partial charge in [0.05, 0.1) is 17.1 Å². The molecular weight excluding hydrogens is 532 g/mol. The molecule has 38 heavy (non-hydrogen) atoms. The Labute approximate surface area is 225 Å². The number of nitro benzene ring substituents is 1. The van der Waals surface area contributed by atoms with E-state index in [1.807, 2.05) is 0 Å². The molecule has 12 heteroatoms. The molecular formula is C26H17ClN4O6S. The number of nitrogens with one attached hydrogen (secondary N) is 2. The topological polar surface area (TPSA) is 133 Å². The summed E-state index contributed by atoms with van der Waals surface area (Å²) in [5, 5.41) is 17.0. The Balaban J connectivity index is 1.26. The third kappa shape index (κ3) is 5.19. The molecule has 2 aromatic heterocycles. The highest BCUT2D eigenvalue weighted by Gasteiger charge is 2.16. The molecule has 2 heterocycles. The summed E-state index contributed by atoms with van der Waals surface area (Å²) in [7, 11) is 1.54. The lowest BCUT2D eigenvalue weighted by Crippen LogP contribution is -2.33. The first-order chi connectivity index (χ1) is 18.3. The van der Waals surface area contributed by atoms with Crippen molar-refractivity contribution >= 4 is 57.3 Å². The van der Waals surface area contributed by atoms with Gasteiger partial charge in [0.15, 0.2) is 16.5 Å². The van der Waals surface area contributed by atoms with Crippen LogP contribution in [0.25, 0.3) is 33.9 Å². The summed E-state index contributed by atoms with van der Waals surface area (Å²) >= 11 is 11.5. The molecule has 0 fully saturated rings. The van der Waals surface area contributed by atoms with Crippen molar-refractivity contribution in [1.82, 2.24) is 10.3 Å². The Morgan fingerprint density at radius 1 is 1.05 bits per heavy atom. The second kappa shape index (κ2) is 10.3. The molecule has 3 aromatic carbocycles. The van der Waals surface area contributed by atoms with Gasteiger partial charge in [0.25, 0.3) is 11.6 Å². The lowest BCUT2D eigenvalue weighted by Gasteiger charge is -2.08. The molecule has 0 radical (unpaired) electrons. The third-order valence-corrected chi connectivity index (χ3v) is 5.94. The molecule has 0 aliphatic rings. The minimum atomic E-state index is -0.583. The quantitative estimate of drug-likeness (QED) is 0.139. The van der Waals surface area contributed by atoms with Gasteiger partial charge < -0.3 is 18.9 Å². The molecule has 190 valence electrons. The lowest BCUT2D eigenvalue weighted by atomic mass is 10.1. The van der Waals surface area contributed by atoms with Crippen LogP contribution in [0.1, 0.15) is 10.6 Å². The number of nitro groups is 1. The van der Waals surface area contributed by atoms with Crippen molar-refractivity contribution in [3.8, 4) is 28.5 Å². The number of oxazole rings is 1. The second-order valence-corrected chi connectivity index (χ2v) is 8.75. The van der Waals surface area contributed by atoms with Gasteiger partial charge in [-0.2, -0.15) is 0 Å². The fourth-order valence-corrected chi connectivity index (χ4v) is 4.11. The van der Waals surface area contributed by atoms with E-state index in [1.54, 1.807) is 48.5 Å². The summed E-state index contributed by atoms with van der Waals surface area (Å²) in [4.78, 5) is 27.6. The predicted molar refractivity (Wildman–Crippen MR) is 145 cm³/mol. The van der Waals surface area contributed by atoms with Crippen molar-refractivity contribution in [2.24, 2.45) is 0 Å². The molecule has 5 aromatic rings. The van der Waals surface area contributed by atoms with Gasteiger partial charge in [-0.05, 0) is 60.7 Å². The first-order valence-corrected chi connectivity index (χ1v) is 11.8. The second-order valence-electron chi connectivity index (χ2n) is 7.93. The molecule has 0 atom stereocenters. The number of aromatic nitrogens is 1. The van der Waals surface area contributed by atoms with Crippen molar-refractivity contribution in [1.29, 1.82) is 0 Å². The summed E-state index contributed by atoms with van der Waals surface area (Å²) < 4.78 is 16.6. The van der Waals surface area contributed by atoms with Crippen LogP contribution in [0.4, 0.5) is 11.4 Å². The molecule has 1 amide bonds. The molecule has 0 bridgehead atoms. The zero-order valence-electron chi connectivity index (χ0n) is 19.6. The van der Waals surface area contributed by atoms with Crippen LogP contribution in [-0.4, -0.2) is 28.0 Å². The lowest BCUT2D eigenvalue weighted by molar-refractivity contribution is -0.384. The Kier molecular flexibility index (Phi) is 6.77. The van der Waals surface area contributed by atoms with Gasteiger partial charge in [-0.25, -0.2) is 4.98 Å². The minimum Gasteiger partial charge on any atom is -0.495 e. The standard InChI is InChI=1S/C26H17ClN4O6S/c1-35-21-7-5-15(12-18(21)27)25-29-19-13-16(6-8-22(19)37-25)28-26(38)30-24(32)23-10-9-20(36-23)14-3-2-4-17(11-14)31(33)34/h2-13H,1H3,(H2,28,30,32,38). The van der Waals surface area contributed by atoms with E-state index in [2.05, 4.69) is 15.6 Å². The molecule has 2 N–H and O–H groups in total. The summed E-state index contributed by atoms with van der Waals surface area (Å²) in [6, 6.07) is 19.3. The van der Waals surface area contributed by atoms with E-state index >= 15 is 0 Å². The van der Waals surface area contributed by atoms with Gasteiger partial charge in [-0.1, -0.05) is 23.7 Å². The number of halogens is 1. The highest BCUT2D eigenvalue weighted by molar-refractivity contribution is 7.80. The van der Waals surface area contributed by atoms with E-state index in [0.29, 0.717) is 50.3 Å². The molecule has 0 saturated carbocycles. The van der Waals surface area contributed by atoms with Gasteiger partial charge in [0.2, 0.25) is 5.89 Å². The monoisotopic (exact) mass is 548 g/mol. The van der Waals surface area contributed by atoms with Crippen molar-refractivity contribution in [2.45, 2.75) is 0 Å². The van der Waals surface area contributed by atoms with Crippen molar-refractivity contribution in [3.05, 3.63) is 93.7 Å². The Morgan fingerprint density at radius 3 is 2.66 bits per heavy atom. The van der Waals surface area contributed by atoms with Crippen molar-refractivity contribution in [2.75, 3.05) is 12.4 Å². The number of carbonyl (C=O) groups excluding carboxylic acids is 1.